The minimum Gasteiger partial charge on any atom is -0.456 e. The molecule has 0 aliphatic heterocycles. The molecule has 0 bridgehead atoms. The van der Waals surface area contributed by atoms with Gasteiger partial charge in [-0.05, 0) is 142 Å². The summed E-state index contributed by atoms with van der Waals surface area (Å²) in [5, 5.41) is 6.91. The van der Waals surface area contributed by atoms with Crippen molar-refractivity contribution >= 4 is 77.6 Å². The quantitative estimate of drug-likeness (QED) is 0.159. The van der Waals surface area contributed by atoms with Crippen LogP contribution in [-0.2, 0) is 0 Å². The second-order valence-corrected chi connectivity index (χ2v) is 14.7. The minimum absolute atomic E-state index is 0.484. The molecule has 3 heteroatoms. The third-order valence-electron chi connectivity index (χ3n) is 10.5. The Morgan fingerprint density at radius 2 is 0.698 bits per heavy atom. The van der Waals surface area contributed by atoms with Crippen molar-refractivity contribution in [3.63, 3.8) is 0 Å². The molecular weight excluding hydrogens is 645 g/mol. The predicted molar refractivity (Wildman–Crippen MR) is 226 cm³/mol. The smallest absolute Gasteiger partial charge is 0.136 e. The number of rotatable bonds is 8. The van der Waals surface area contributed by atoms with Crippen LogP contribution in [0.15, 0.2) is 174 Å². The highest BCUT2D eigenvalue weighted by molar-refractivity contribution is 6.14. The van der Waals surface area contributed by atoms with Gasteiger partial charge in [-0.1, -0.05) is 100 Å². The molecule has 9 rings (SSSR count). The molecule has 0 N–H and O–H groups in total. The van der Waals surface area contributed by atoms with Gasteiger partial charge >= 0.3 is 0 Å². The minimum atomic E-state index is 0.484. The number of hydrogen-bond donors (Lipinski definition) is 0. The molecule has 1 aromatic heterocycles. The zero-order chi connectivity index (χ0) is 36.1. The molecule has 0 spiro atoms. The van der Waals surface area contributed by atoms with Gasteiger partial charge in [-0.15, -0.1) is 0 Å². The third kappa shape index (κ3) is 6.08. The predicted octanol–water partition coefficient (Wildman–Crippen LogP) is 15.1. The summed E-state index contributed by atoms with van der Waals surface area (Å²) in [4.78, 5) is 4.65. The SMILES string of the molecule is CC(C)c1ccc(N(c2ccccc2)c2ccc3cc4c(cc3c2)oc2cc3cc(N(c5ccccc5)c5ccc(C(C)C)cc5)ccc3cc24)cc1. The van der Waals surface area contributed by atoms with Gasteiger partial charge in [0.1, 0.15) is 11.2 Å². The summed E-state index contributed by atoms with van der Waals surface area (Å²) in [6.45, 7) is 8.94. The van der Waals surface area contributed by atoms with E-state index < -0.39 is 0 Å². The summed E-state index contributed by atoms with van der Waals surface area (Å²) in [6.07, 6.45) is 0. The lowest BCUT2D eigenvalue weighted by Crippen LogP contribution is -2.09. The van der Waals surface area contributed by atoms with E-state index in [4.69, 9.17) is 4.42 Å². The molecule has 258 valence electrons. The van der Waals surface area contributed by atoms with Crippen molar-refractivity contribution < 1.29 is 4.42 Å². The van der Waals surface area contributed by atoms with Crippen molar-refractivity contribution in [2.24, 2.45) is 0 Å². The normalized spacial score (nSPS) is 11.7. The second-order valence-electron chi connectivity index (χ2n) is 14.7. The summed E-state index contributed by atoms with van der Waals surface area (Å²) in [5.74, 6) is 0.967. The number of anilines is 6. The molecule has 0 fully saturated rings. The molecule has 0 aliphatic rings. The Morgan fingerprint density at radius 1 is 0.340 bits per heavy atom. The lowest BCUT2D eigenvalue weighted by Gasteiger charge is -2.26. The van der Waals surface area contributed by atoms with Gasteiger partial charge in [0, 0.05) is 44.9 Å². The van der Waals surface area contributed by atoms with Gasteiger partial charge in [-0.25, -0.2) is 0 Å². The molecule has 8 aromatic carbocycles. The molecule has 0 amide bonds. The van der Waals surface area contributed by atoms with Crippen LogP contribution in [0.3, 0.4) is 0 Å². The summed E-state index contributed by atoms with van der Waals surface area (Å²) in [5.41, 5.74) is 11.2. The van der Waals surface area contributed by atoms with Gasteiger partial charge < -0.3 is 14.2 Å². The summed E-state index contributed by atoms with van der Waals surface area (Å²) < 4.78 is 6.65. The number of para-hydroxylation sites is 2. The van der Waals surface area contributed by atoms with Crippen LogP contribution < -0.4 is 9.80 Å². The van der Waals surface area contributed by atoms with E-state index in [0.29, 0.717) is 11.8 Å². The maximum Gasteiger partial charge on any atom is 0.136 e. The molecule has 0 saturated heterocycles. The zero-order valence-electron chi connectivity index (χ0n) is 30.6. The first-order chi connectivity index (χ1) is 25.9. The van der Waals surface area contributed by atoms with E-state index >= 15 is 0 Å². The van der Waals surface area contributed by atoms with Crippen LogP contribution in [0, 0.1) is 0 Å². The molecule has 0 saturated carbocycles. The van der Waals surface area contributed by atoms with Gasteiger partial charge in [0.25, 0.3) is 0 Å². The second kappa shape index (κ2) is 13.3. The molecule has 3 nitrogen and oxygen atoms in total. The maximum atomic E-state index is 6.65. The fourth-order valence-corrected chi connectivity index (χ4v) is 7.58. The molecular formula is C50H42N2O. The van der Waals surface area contributed by atoms with E-state index in [-0.39, 0.29) is 0 Å². The lowest BCUT2D eigenvalue weighted by atomic mass is 10.0. The van der Waals surface area contributed by atoms with Crippen LogP contribution in [0.25, 0.3) is 43.5 Å². The Balaban J connectivity index is 1.13. The number of benzene rings is 8. The van der Waals surface area contributed by atoms with Crippen molar-refractivity contribution in [1.29, 1.82) is 0 Å². The zero-order valence-corrected chi connectivity index (χ0v) is 30.6. The molecule has 0 unspecified atom stereocenters. The highest BCUT2D eigenvalue weighted by Gasteiger charge is 2.17. The topological polar surface area (TPSA) is 19.6 Å². The molecule has 0 atom stereocenters. The van der Waals surface area contributed by atoms with Gasteiger partial charge in [-0.2, -0.15) is 0 Å². The molecule has 53 heavy (non-hydrogen) atoms. The monoisotopic (exact) mass is 686 g/mol. The standard InChI is InChI=1S/C50H42N2O/c1-33(2)35-15-21-43(22-16-35)51(41-11-7-5-8-12-41)45-25-19-37-29-47-48-30-38-20-26-46(28-40(38)32-50(48)53-49(47)31-39(37)27-45)52(42-13-9-6-10-14-42)44-23-17-36(18-24-44)34(3)4/h5-34H,1-4H3. The summed E-state index contributed by atoms with van der Waals surface area (Å²) >= 11 is 0. The fourth-order valence-electron chi connectivity index (χ4n) is 7.58. The van der Waals surface area contributed by atoms with E-state index in [2.05, 4.69) is 207 Å². The van der Waals surface area contributed by atoms with Crippen molar-refractivity contribution in [1.82, 2.24) is 0 Å². The van der Waals surface area contributed by atoms with Gasteiger partial charge in [0.15, 0.2) is 0 Å². The largest absolute Gasteiger partial charge is 0.456 e. The number of furan rings is 1. The fraction of sp³-hybridized carbons (Fsp3) is 0.120. The Hall–Kier alpha value is -6.32. The Morgan fingerprint density at radius 3 is 1.08 bits per heavy atom. The van der Waals surface area contributed by atoms with Crippen LogP contribution in [0.1, 0.15) is 50.7 Å². The van der Waals surface area contributed by atoms with Crippen LogP contribution >= 0.6 is 0 Å². The van der Waals surface area contributed by atoms with E-state index in [9.17, 15) is 0 Å². The van der Waals surface area contributed by atoms with E-state index in [1.807, 2.05) is 0 Å². The Labute approximate surface area is 311 Å². The average molecular weight is 687 g/mol. The highest BCUT2D eigenvalue weighted by atomic mass is 16.3. The number of hydrogen-bond acceptors (Lipinski definition) is 3. The van der Waals surface area contributed by atoms with Crippen molar-refractivity contribution in [3.8, 4) is 0 Å². The third-order valence-corrected chi connectivity index (χ3v) is 10.5. The summed E-state index contributed by atoms with van der Waals surface area (Å²) in [6, 6.07) is 61.5. The maximum absolute atomic E-state index is 6.65. The number of nitrogens with zero attached hydrogens (tertiary/aromatic N) is 2. The first-order valence-corrected chi connectivity index (χ1v) is 18.6. The first kappa shape index (κ1) is 32.6. The lowest BCUT2D eigenvalue weighted by molar-refractivity contribution is 0.670. The molecule has 0 radical (unpaired) electrons. The van der Waals surface area contributed by atoms with Crippen LogP contribution in [-0.4, -0.2) is 0 Å². The van der Waals surface area contributed by atoms with E-state index in [1.165, 1.54) is 21.9 Å². The molecule has 1 heterocycles. The van der Waals surface area contributed by atoms with E-state index in [1.54, 1.807) is 0 Å². The van der Waals surface area contributed by atoms with Gasteiger partial charge in [0.05, 0.1) is 0 Å². The first-order valence-electron chi connectivity index (χ1n) is 18.6. The van der Waals surface area contributed by atoms with Gasteiger partial charge in [-0.3, -0.25) is 0 Å². The van der Waals surface area contributed by atoms with E-state index in [0.717, 1.165) is 66.8 Å². The number of fused-ring (bicyclic) bond motifs is 5. The van der Waals surface area contributed by atoms with Crippen LogP contribution in [0.5, 0.6) is 0 Å². The summed E-state index contributed by atoms with van der Waals surface area (Å²) in [7, 11) is 0. The van der Waals surface area contributed by atoms with Crippen LogP contribution in [0.4, 0.5) is 34.1 Å². The van der Waals surface area contributed by atoms with Crippen molar-refractivity contribution in [3.05, 3.63) is 181 Å². The highest BCUT2D eigenvalue weighted by Crippen LogP contribution is 2.41. The Kier molecular flexibility index (Phi) is 8.20. The average Bonchev–Trinajstić information content (AvgIpc) is 3.53. The molecule has 0 aliphatic carbocycles. The van der Waals surface area contributed by atoms with Crippen molar-refractivity contribution in [2.45, 2.75) is 39.5 Å². The van der Waals surface area contributed by atoms with Gasteiger partial charge in [0.2, 0.25) is 0 Å². The molecule has 9 aromatic rings. The van der Waals surface area contributed by atoms with Crippen molar-refractivity contribution in [2.75, 3.05) is 9.80 Å². The van der Waals surface area contributed by atoms with Crippen LogP contribution in [0.2, 0.25) is 0 Å². The Bertz CT molecular complexity index is 2520.